The highest BCUT2D eigenvalue weighted by atomic mass is 14.9. The first-order valence-corrected chi connectivity index (χ1v) is 2.98. The van der Waals surface area contributed by atoms with Crippen LogP contribution in [0.15, 0.2) is 30.7 Å². The van der Waals surface area contributed by atoms with Crippen LogP contribution in [0, 0.1) is 0 Å². The van der Waals surface area contributed by atoms with Crippen molar-refractivity contribution in [3.8, 4) is 0 Å². The van der Waals surface area contributed by atoms with Gasteiger partial charge in [0.1, 0.15) is 5.82 Å². The number of allylic oxidation sites excluding steroid dienone is 1. The van der Waals surface area contributed by atoms with Crippen molar-refractivity contribution in [2.75, 3.05) is 0 Å². The van der Waals surface area contributed by atoms with Crippen LogP contribution in [0.2, 0.25) is 0 Å². The molecule has 1 rings (SSSR count). The predicted octanol–water partition coefficient (Wildman–Crippen LogP) is 0.492. The zero-order valence-corrected chi connectivity index (χ0v) is 5.62. The number of nitrogens with zero attached hydrogens (tertiary/aromatic N) is 2. The molecule has 0 amide bonds. The van der Waals surface area contributed by atoms with E-state index in [0.717, 1.165) is 5.82 Å². The summed E-state index contributed by atoms with van der Waals surface area (Å²) in [5, 5.41) is 0. The number of rotatable bonds is 2. The fourth-order valence-electron chi connectivity index (χ4n) is 0.624. The molecule has 0 aliphatic rings. The summed E-state index contributed by atoms with van der Waals surface area (Å²) in [5.74, 6) is 0.718. The van der Waals surface area contributed by atoms with E-state index >= 15 is 0 Å². The largest absolute Gasteiger partial charge is 0.402 e. The molecule has 52 valence electrons. The predicted molar refractivity (Wildman–Crippen MR) is 39.1 cm³/mol. The molecule has 0 saturated carbocycles. The highest BCUT2D eigenvalue weighted by molar-refractivity contribution is 5.00. The van der Waals surface area contributed by atoms with Crippen molar-refractivity contribution in [3.05, 3.63) is 36.6 Å². The minimum absolute atomic E-state index is 0.556. The summed E-state index contributed by atoms with van der Waals surface area (Å²) in [5.41, 5.74) is 5.94. The smallest absolute Gasteiger partial charge is 0.134 e. The summed E-state index contributed by atoms with van der Waals surface area (Å²) in [4.78, 5) is 7.93. The Morgan fingerprint density at radius 3 is 2.60 bits per heavy atom. The molecule has 0 fully saturated rings. The molecule has 1 heterocycles. The summed E-state index contributed by atoms with van der Waals surface area (Å²) in [7, 11) is 0. The first kappa shape index (κ1) is 6.74. The van der Waals surface area contributed by atoms with Crippen LogP contribution in [-0.4, -0.2) is 9.97 Å². The third kappa shape index (κ3) is 1.85. The van der Waals surface area contributed by atoms with E-state index in [2.05, 4.69) is 16.5 Å². The Balaban J connectivity index is 2.67. The van der Waals surface area contributed by atoms with Gasteiger partial charge in [-0.25, -0.2) is 9.97 Å². The van der Waals surface area contributed by atoms with Crippen molar-refractivity contribution in [2.45, 2.75) is 6.42 Å². The minimum atomic E-state index is 0.556. The Morgan fingerprint density at radius 1 is 1.50 bits per heavy atom. The van der Waals surface area contributed by atoms with Gasteiger partial charge in [0.15, 0.2) is 0 Å². The molecule has 0 atom stereocenters. The lowest BCUT2D eigenvalue weighted by Crippen LogP contribution is -2.02. The molecule has 3 nitrogen and oxygen atoms in total. The Hall–Kier alpha value is -1.38. The first-order chi connectivity index (χ1) is 4.79. The van der Waals surface area contributed by atoms with Crippen molar-refractivity contribution >= 4 is 0 Å². The lowest BCUT2D eigenvalue weighted by atomic mass is 10.3. The molecule has 0 aliphatic carbocycles. The van der Waals surface area contributed by atoms with Gasteiger partial charge in [-0.1, -0.05) is 6.58 Å². The van der Waals surface area contributed by atoms with Crippen molar-refractivity contribution in [3.63, 3.8) is 0 Å². The summed E-state index contributed by atoms with van der Waals surface area (Å²) in [6.45, 7) is 3.55. The van der Waals surface area contributed by atoms with E-state index in [-0.39, 0.29) is 0 Å². The van der Waals surface area contributed by atoms with Crippen LogP contribution in [0.5, 0.6) is 0 Å². The number of nitrogens with two attached hydrogens (primary N) is 1. The monoisotopic (exact) mass is 135 g/mol. The fraction of sp³-hybridized carbons (Fsp3) is 0.143. The fourth-order valence-corrected chi connectivity index (χ4v) is 0.624. The third-order valence-corrected chi connectivity index (χ3v) is 1.00. The molecule has 0 unspecified atom stereocenters. The maximum absolute atomic E-state index is 5.35. The summed E-state index contributed by atoms with van der Waals surface area (Å²) >= 11 is 0. The van der Waals surface area contributed by atoms with E-state index in [9.17, 15) is 0 Å². The molecule has 2 N–H and O–H groups in total. The summed E-state index contributed by atoms with van der Waals surface area (Å²) < 4.78 is 0. The molecule has 0 radical (unpaired) electrons. The van der Waals surface area contributed by atoms with Crippen LogP contribution >= 0.6 is 0 Å². The molecule has 1 aromatic rings. The Labute approximate surface area is 59.6 Å². The van der Waals surface area contributed by atoms with E-state index in [1.165, 1.54) is 0 Å². The van der Waals surface area contributed by atoms with Crippen LogP contribution in [0.25, 0.3) is 0 Å². The lowest BCUT2D eigenvalue weighted by molar-refractivity contribution is 0.945. The average molecular weight is 135 g/mol. The van der Waals surface area contributed by atoms with Crippen molar-refractivity contribution in [1.82, 2.24) is 9.97 Å². The van der Waals surface area contributed by atoms with Crippen LogP contribution < -0.4 is 5.73 Å². The highest BCUT2D eigenvalue weighted by Gasteiger charge is 1.92. The standard InChI is InChI=1S/C7H9N3/c1-6(8)5-7-9-3-2-4-10-7/h2-4H,1,5,8H2. The van der Waals surface area contributed by atoms with Gasteiger partial charge in [-0.05, 0) is 6.07 Å². The van der Waals surface area contributed by atoms with E-state index in [4.69, 9.17) is 5.73 Å². The van der Waals surface area contributed by atoms with Gasteiger partial charge < -0.3 is 5.73 Å². The van der Waals surface area contributed by atoms with Crippen molar-refractivity contribution < 1.29 is 0 Å². The van der Waals surface area contributed by atoms with E-state index in [1.807, 2.05) is 0 Å². The second kappa shape index (κ2) is 2.96. The molecule has 0 aliphatic heterocycles. The quantitative estimate of drug-likeness (QED) is 0.642. The summed E-state index contributed by atoms with van der Waals surface area (Å²) in [6.07, 6.45) is 3.93. The minimum Gasteiger partial charge on any atom is -0.402 e. The first-order valence-electron chi connectivity index (χ1n) is 2.98. The second-order valence-electron chi connectivity index (χ2n) is 2.00. The highest BCUT2D eigenvalue weighted by Crippen LogP contribution is 1.92. The van der Waals surface area contributed by atoms with Gasteiger partial charge in [-0.15, -0.1) is 0 Å². The molecule has 3 heteroatoms. The Kier molecular flexibility index (Phi) is 1.99. The maximum atomic E-state index is 5.35. The van der Waals surface area contributed by atoms with Crippen LogP contribution in [0.4, 0.5) is 0 Å². The number of hydrogen-bond donors (Lipinski definition) is 1. The zero-order chi connectivity index (χ0) is 7.40. The van der Waals surface area contributed by atoms with Gasteiger partial charge in [0, 0.05) is 24.5 Å². The Bertz CT molecular complexity index is 218. The van der Waals surface area contributed by atoms with Gasteiger partial charge in [-0.3, -0.25) is 0 Å². The molecular formula is C7H9N3. The van der Waals surface area contributed by atoms with E-state index < -0.39 is 0 Å². The summed E-state index contributed by atoms with van der Waals surface area (Å²) in [6, 6.07) is 1.77. The van der Waals surface area contributed by atoms with Crippen molar-refractivity contribution in [1.29, 1.82) is 0 Å². The molecule has 10 heavy (non-hydrogen) atoms. The average Bonchev–Trinajstić information content (AvgIpc) is 1.88. The van der Waals surface area contributed by atoms with Gasteiger partial charge in [0.05, 0.1) is 0 Å². The Morgan fingerprint density at radius 2 is 2.10 bits per heavy atom. The molecule has 0 saturated heterocycles. The SMILES string of the molecule is C=C(N)Cc1ncccn1. The van der Waals surface area contributed by atoms with Gasteiger partial charge >= 0.3 is 0 Å². The molecule has 0 bridgehead atoms. The van der Waals surface area contributed by atoms with Crippen LogP contribution in [0.1, 0.15) is 5.82 Å². The second-order valence-corrected chi connectivity index (χ2v) is 2.00. The molecule has 1 aromatic heterocycles. The maximum Gasteiger partial charge on any atom is 0.134 e. The third-order valence-electron chi connectivity index (χ3n) is 1.00. The van der Waals surface area contributed by atoms with Gasteiger partial charge in [0.25, 0.3) is 0 Å². The molecule has 0 aromatic carbocycles. The van der Waals surface area contributed by atoms with Crippen LogP contribution in [0.3, 0.4) is 0 Å². The van der Waals surface area contributed by atoms with E-state index in [1.54, 1.807) is 18.5 Å². The van der Waals surface area contributed by atoms with Gasteiger partial charge in [0.2, 0.25) is 0 Å². The number of hydrogen-bond acceptors (Lipinski definition) is 3. The topological polar surface area (TPSA) is 51.8 Å². The van der Waals surface area contributed by atoms with Crippen LogP contribution in [-0.2, 0) is 6.42 Å². The van der Waals surface area contributed by atoms with E-state index in [0.29, 0.717) is 12.1 Å². The molecular weight excluding hydrogens is 126 g/mol. The zero-order valence-electron chi connectivity index (χ0n) is 5.62. The lowest BCUT2D eigenvalue weighted by Gasteiger charge is -1.95. The molecule has 0 spiro atoms. The van der Waals surface area contributed by atoms with Crippen molar-refractivity contribution in [2.24, 2.45) is 5.73 Å². The van der Waals surface area contributed by atoms with Gasteiger partial charge in [-0.2, -0.15) is 0 Å². The number of aromatic nitrogens is 2. The normalized spacial score (nSPS) is 9.20.